The second-order valence-electron chi connectivity index (χ2n) is 2.87. The molecule has 2 nitrogen and oxygen atoms in total. The minimum atomic E-state index is -2.81. The fraction of sp³-hybridized carbons (Fsp3) is 0.875. The van der Waals surface area contributed by atoms with E-state index in [1.54, 1.807) is 6.92 Å². The molecule has 1 atom stereocenters. The zero-order valence-electron chi connectivity index (χ0n) is 7.56. The molecule has 0 saturated heterocycles. The number of halogens is 2. The zero-order valence-corrected chi connectivity index (χ0v) is 7.56. The predicted molar refractivity (Wildman–Crippen MR) is 41.0 cm³/mol. The summed E-state index contributed by atoms with van der Waals surface area (Å²) in [5, 5.41) is 0. The lowest BCUT2D eigenvalue weighted by Crippen LogP contribution is -2.24. The van der Waals surface area contributed by atoms with Gasteiger partial charge in [-0.3, -0.25) is 4.79 Å². The van der Waals surface area contributed by atoms with Crippen LogP contribution in [0.25, 0.3) is 0 Å². The molecule has 0 bridgehead atoms. The Morgan fingerprint density at radius 1 is 1.58 bits per heavy atom. The average molecular weight is 180 g/mol. The third-order valence-corrected chi connectivity index (χ3v) is 1.64. The van der Waals surface area contributed by atoms with Crippen molar-refractivity contribution in [2.45, 2.75) is 33.1 Å². The third kappa shape index (κ3) is 4.26. The monoisotopic (exact) mass is 180 g/mol. The van der Waals surface area contributed by atoms with Crippen molar-refractivity contribution < 1.29 is 18.3 Å². The Bertz CT molecular complexity index is 152. The Labute approximate surface area is 70.9 Å². The van der Waals surface area contributed by atoms with Crippen LogP contribution in [-0.2, 0) is 9.53 Å². The molecule has 72 valence electrons. The van der Waals surface area contributed by atoms with Gasteiger partial charge in [0.2, 0.25) is 5.92 Å². The first kappa shape index (κ1) is 11.3. The van der Waals surface area contributed by atoms with Gasteiger partial charge in [-0.2, -0.15) is 0 Å². The topological polar surface area (TPSA) is 26.3 Å². The van der Waals surface area contributed by atoms with Crippen LogP contribution in [0, 0.1) is 5.92 Å². The highest BCUT2D eigenvalue weighted by Crippen LogP contribution is 2.26. The van der Waals surface area contributed by atoms with Crippen molar-refractivity contribution in [2.75, 3.05) is 6.61 Å². The van der Waals surface area contributed by atoms with Gasteiger partial charge in [-0.15, -0.1) is 0 Å². The van der Waals surface area contributed by atoms with Gasteiger partial charge in [0.05, 0.1) is 13.0 Å². The summed E-state index contributed by atoms with van der Waals surface area (Å²) in [6.07, 6.45) is -0.225. The van der Waals surface area contributed by atoms with Crippen molar-refractivity contribution >= 4 is 5.97 Å². The molecule has 0 rings (SSSR count). The fourth-order valence-electron chi connectivity index (χ4n) is 0.649. The molecule has 0 unspecified atom stereocenters. The maximum absolute atomic E-state index is 12.5. The van der Waals surface area contributed by atoms with Gasteiger partial charge in [-0.1, -0.05) is 6.92 Å². The second-order valence-corrected chi connectivity index (χ2v) is 2.87. The normalized spacial score (nSPS) is 14.1. The lowest BCUT2D eigenvalue weighted by atomic mass is 10.0. The van der Waals surface area contributed by atoms with E-state index in [0.717, 1.165) is 6.92 Å². The molecule has 0 fully saturated rings. The van der Waals surface area contributed by atoms with Crippen molar-refractivity contribution in [2.24, 2.45) is 5.92 Å². The number of hydrogen-bond acceptors (Lipinski definition) is 2. The molecule has 0 spiro atoms. The molecular weight excluding hydrogens is 166 g/mol. The molecule has 12 heavy (non-hydrogen) atoms. The SMILES string of the molecule is CCOC(=O)C[C@@H](C)C(C)(F)F. The summed E-state index contributed by atoms with van der Waals surface area (Å²) in [6.45, 7) is 4.02. The smallest absolute Gasteiger partial charge is 0.306 e. The summed E-state index contributed by atoms with van der Waals surface area (Å²) >= 11 is 0. The first-order valence-electron chi connectivity index (χ1n) is 3.91. The van der Waals surface area contributed by atoms with Gasteiger partial charge in [0, 0.05) is 5.92 Å². The maximum atomic E-state index is 12.5. The number of carbonyl (C=O) groups is 1. The van der Waals surface area contributed by atoms with Crippen LogP contribution in [0.1, 0.15) is 27.2 Å². The summed E-state index contributed by atoms with van der Waals surface area (Å²) in [7, 11) is 0. The number of rotatable bonds is 4. The van der Waals surface area contributed by atoms with Gasteiger partial charge in [0.1, 0.15) is 0 Å². The fourth-order valence-corrected chi connectivity index (χ4v) is 0.649. The second kappa shape index (κ2) is 4.38. The van der Waals surface area contributed by atoms with Crippen molar-refractivity contribution in [1.29, 1.82) is 0 Å². The standard InChI is InChI=1S/C8H14F2O2/c1-4-12-7(11)5-6(2)8(3,9)10/h6H,4-5H2,1-3H3/t6-/m1/s1. The highest BCUT2D eigenvalue weighted by molar-refractivity contribution is 5.69. The van der Waals surface area contributed by atoms with Gasteiger partial charge in [-0.05, 0) is 13.8 Å². The highest BCUT2D eigenvalue weighted by Gasteiger charge is 2.31. The lowest BCUT2D eigenvalue weighted by Gasteiger charge is -2.17. The first-order valence-corrected chi connectivity index (χ1v) is 3.91. The number of esters is 1. The van der Waals surface area contributed by atoms with E-state index < -0.39 is 17.8 Å². The van der Waals surface area contributed by atoms with Crippen molar-refractivity contribution in [3.8, 4) is 0 Å². The Hall–Kier alpha value is -0.670. The molecule has 0 aliphatic heterocycles. The Balaban J connectivity index is 3.84. The van der Waals surface area contributed by atoms with E-state index >= 15 is 0 Å². The van der Waals surface area contributed by atoms with Crippen molar-refractivity contribution in [3.63, 3.8) is 0 Å². The molecule has 0 aliphatic rings. The van der Waals surface area contributed by atoms with Crippen molar-refractivity contribution in [3.05, 3.63) is 0 Å². The average Bonchev–Trinajstić information content (AvgIpc) is 1.85. The largest absolute Gasteiger partial charge is 0.466 e. The summed E-state index contributed by atoms with van der Waals surface area (Å²) in [6, 6.07) is 0. The van der Waals surface area contributed by atoms with Crippen LogP contribution in [-0.4, -0.2) is 18.5 Å². The quantitative estimate of drug-likeness (QED) is 0.620. The number of ether oxygens (including phenoxy) is 1. The molecule has 0 aliphatic carbocycles. The highest BCUT2D eigenvalue weighted by atomic mass is 19.3. The summed E-state index contributed by atoms with van der Waals surface area (Å²) in [5.41, 5.74) is 0. The maximum Gasteiger partial charge on any atom is 0.306 e. The Kier molecular flexibility index (Phi) is 4.13. The minimum Gasteiger partial charge on any atom is -0.466 e. The molecule has 0 N–H and O–H groups in total. The minimum absolute atomic E-state index is 0.225. The molecule has 0 amide bonds. The van der Waals surface area contributed by atoms with E-state index in [9.17, 15) is 13.6 Å². The number of hydrogen-bond donors (Lipinski definition) is 0. The molecule has 0 saturated carbocycles. The van der Waals surface area contributed by atoms with Crippen molar-refractivity contribution in [1.82, 2.24) is 0 Å². The molecular formula is C8H14F2O2. The van der Waals surface area contributed by atoms with Crippen LogP contribution in [0.2, 0.25) is 0 Å². The van der Waals surface area contributed by atoms with E-state index in [4.69, 9.17) is 0 Å². The predicted octanol–water partition coefficient (Wildman–Crippen LogP) is 2.23. The van der Waals surface area contributed by atoms with Crippen LogP contribution in [0.4, 0.5) is 8.78 Å². The zero-order chi connectivity index (χ0) is 9.78. The van der Waals surface area contributed by atoms with Gasteiger partial charge >= 0.3 is 5.97 Å². The van der Waals surface area contributed by atoms with Gasteiger partial charge in [-0.25, -0.2) is 8.78 Å². The summed E-state index contributed by atoms with van der Waals surface area (Å²) in [4.78, 5) is 10.7. The number of carbonyl (C=O) groups excluding carboxylic acids is 1. The van der Waals surface area contributed by atoms with Crippen LogP contribution in [0.3, 0.4) is 0 Å². The van der Waals surface area contributed by atoms with E-state index in [2.05, 4.69) is 4.74 Å². The molecule has 4 heteroatoms. The molecule has 0 aromatic carbocycles. The summed E-state index contributed by atoms with van der Waals surface area (Å²) < 4.78 is 29.6. The Morgan fingerprint density at radius 2 is 2.08 bits per heavy atom. The van der Waals surface area contributed by atoms with Crippen LogP contribution in [0.5, 0.6) is 0 Å². The van der Waals surface area contributed by atoms with Crippen LogP contribution < -0.4 is 0 Å². The van der Waals surface area contributed by atoms with Crippen LogP contribution in [0.15, 0.2) is 0 Å². The van der Waals surface area contributed by atoms with Gasteiger partial charge in [0.25, 0.3) is 0 Å². The summed E-state index contributed by atoms with van der Waals surface area (Å²) in [5.74, 6) is -4.34. The van der Waals surface area contributed by atoms with Gasteiger partial charge < -0.3 is 4.74 Å². The van der Waals surface area contributed by atoms with E-state index in [0.29, 0.717) is 0 Å². The van der Waals surface area contributed by atoms with E-state index in [-0.39, 0.29) is 13.0 Å². The number of alkyl halides is 2. The van der Waals surface area contributed by atoms with Crippen LogP contribution >= 0.6 is 0 Å². The van der Waals surface area contributed by atoms with E-state index in [1.165, 1.54) is 6.92 Å². The lowest BCUT2D eigenvalue weighted by molar-refractivity contribution is -0.147. The first-order chi connectivity index (χ1) is 5.38. The molecule has 0 aromatic heterocycles. The molecule has 0 aromatic rings. The molecule has 0 radical (unpaired) electrons. The van der Waals surface area contributed by atoms with E-state index in [1.807, 2.05) is 0 Å². The Morgan fingerprint density at radius 3 is 2.42 bits per heavy atom. The molecule has 0 heterocycles. The van der Waals surface area contributed by atoms with Gasteiger partial charge in [0.15, 0.2) is 0 Å². The third-order valence-electron chi connectivity index (χ3n) is 1.64.